The highest BCUT2D eigenvalue weighted by Crippen LogP contribution is 2.31. The number of aromatic nitrogens is 2. The second-order valence-electron chi connectivity index (χ2n) is 7.79. The van der Waals surface area contributed by atoms with Gasteiger partial charge in [-0.05, 0) is 48.2 Å². The quantitative estimate of drug-likeness (QED) is 0.418. The number of ether oxygens (including phenoxy) is 1. The second-order valence-corrected chi connectivity index (χ2v) is 8.65. The lowest BCUT2D eigenvalue weighted by molar-refractivity contribution is -0.116. The number of carbonyl (C=O) groups is 1. The lowest BCUT2D eigenvalue weighted by Gasteiger charge is -2.10. The summed E-state index contributed by atoms with van der Waals surface area (Å²) in [5.74, 6) is 0.930. The molecule has 0 saturated heterocycles. The van der Waals surface area contributed by atoms with Crippen LogP contribution in [0.15, 0.2) is 65.0 Å². The lowest BCUT2D eigenvalue weighted by Crippen LogP contribution is -2.27. The zero-order valence-corrected chi connectivity index (χ0v) is 19.1. The van der Waals surface area contributed by atoms with E-state index in [9.17, 15) is 9.59 Å². The highest BCUT2D eigenvalue weighted by atomic mass is 32.1. The average Bonchev–Trinajstić information content (AvgIpc) is 3.22. The molecule has 0 saturated carbocycles. The van der Waals surface area contributed by atoms with E-state index < -0.39 is 0 Å². The van der Waals surface area contributed by atoms with Gasteiger partial charge in [0.15, 0.2) is 0 Å². The minimum atomic E-state index is -0.275. The molecular weight excluding hydrogens is 422 g/mol. The van der Waals surface area contributed by atoms with E-state index in [0.29, 0.717) is 28.4 Å². The monoisotopic (exact) mass is 447 g/mol. The van der Waals surface area contributed by atoms with E-state index in [1.54, 1.807) is 0 Å². The van der Waals surface area contributed by atoms with Crippen molar-refractivity contribution in [2.75, 3.05) is 11.9 Å². The number of hydrogen-bond donors (Lipinski definition) is 1. The second kappa shape index (κ2) is 9.36. The maximum absolute atomic E-state index is 13.2. The molecule has 4 rings (SSSR count). The molecule has 2 aromatic heterocycles. The van der Waals surface area contributed by atoms with Crippen LogP contribution in [0.2, 0.25) is 0 Å². The number of amides is 1. The van der Waals surface area contributed by atoms with Gasteiger partial charge in [-0.15, -0.1) is 11.3 Å². The van der Waals surface area contributed by atoms with Gasteiger partial charge in [-0.25, -0.2) is 4.98 Å². The number of rotatable bonds is 7. The SMILES string of the molecule is CCOc1ccc(-c2csc3ncn(CC(=O)Nc4ccc(C(C)C)cc4)c(=O)c23)cc1. The van der Waals surface area contributed by atoms with E-state index >= 15 is 0 Å². The number of nitrogens with zero attached hydrogens (tertiary/aromatic N) is 2. The van der Waals surface area contributed by atoms with Crippen molar-refractivity contribution >= 4 is 33.1 Å². The first-order valence-electron chi connectivity index (χ1n) is 10.6. The molecule has 4 aromatic rings. The normalized spacial score (nSPS) is 11.1. The number of hydrogen-bond acceptors (Lipinski definition) is 5. The summed E-state index contributed by atoms with van der Waals surface area (Å²) in [6.07, 6.45) is 1.44. The Labute approximate surface area is 190 Å². The zero-order valence-electron chi connectivity index (χ0n) is 18.3. The first-order chi connectivity index (χ1) is 15.5. The first-order valence-corrected chi connectivity index (χ1v) is 11.4. The van der Waals surface area contributed by atoms with Gasteiger partial charge >= 0.3 is 0 Å². The maximum atomic E-state index is 13.2. The van der Waals surface area contributed by atoms with Crippen molar-refractivity contribution in [3.05, 3.63) is 76.2 Å². The summed E-state index contributed by atoms with van der Waals surface area (Å²) in [6, 6.07) is 15.4. The van der Waals surface area contributed by atoms with Crippen molar-refractivity contribution in [1.29, 1.82) is 0 Å². The fraction of sp³-hybridized carbons (Fsp3) is 0.240. The predicted octanol–water partition coefficient (Wildman–Crippen LogP) is 5.29. The predicted molar refractivity (Wildman–Crippen MR) is 130 cm³/mol. The van der Waals surface area contributed by atoms with Gasteiger partial charge < -0.3 is 10.1 Å². The minimum Gasteiger partial charge on any atom is -0.494 e. The molecule has 6 nitrogen and oxygen atoms in total. The summed E-state index contributed by atoms with van der Waals surface area (Å²) < 4.78 is 6.85. The Morgan fingerprint density at radius 1 is 1.12 bits per heavy atom. The number of thiophene rings is 1. The molecule has 1 N–H and O–H groups in total. The van der Waals surface area contributed by atoms with Crippen molar-refractivity contribution in [3.63, 3.8) is 0 Å². The van der Waals surface area contributed by atoms with Crippen LogP contribution in [0.5, 0.6) is 5.75 Å². The van der Waals surface area contributed by atoms with Crippen LogP contribution < -0.4 is 15.6 Å². The zero-order chi connectivity index (χ0) is 22.7. The molecule has 2 aromatic carbocycles. The Bertz CT molecular complexity index is 1290. The molecule has 0 aliphatic carbocycles. The van der Waals surface area contributed by atoms with Gasteiger partial charge in [-0.1, -0.05) is 38.1 Å². The van der Waals surface area contributed by atoms with Crippen LogP contribution in [0.25, 0.3) is 21.3 Å². The molecule has 1 amide bonds. The van der Waals surface area contributed by atoms with E-state index in [1.165, 1.54) is 27.8 Å². The molecule has 0 radical (unpaired) electrons. The molecule has 0 unspecified atom stereocenters. The van der Waals surface area contributed by atoms with Crippen molar-refractivity contribution in [3.8, 4) is 16.9 Å². The minimum absolute atomic E-state index is 0.105. The number of benzene rings is 2. The van der Waals surface area contributed by atoms with Crippen LogP contribution in [0.1, 0.15) is 32.3 Å². The van der Waals surface area contributed by atoms with Crippen molar-refractivity contribution in [2.24, 2.45) is 0 Å². The summed E-state index contributed by atoms with van der Waals surface area (Å²) >= 11 is 1.41. The van der Waals surface area contributed by atoms with Crippen LogP contribution >= 0.6 is 11.3 Å². The van der Waals surface area contributed by atoms with Crippen molar-refractivity contribution in [1.82, 2.24) is 9.55 Å². The van der Waals surface area contributed by atoms with Gasteiger partial charge in [0.1, 0.15) is 17.1 Å². The molecule has 0 bridgehead atoms. The highest BCUT2D eigenvalue weighted by molar-refractivity contribution is 7.17. The summed E-state index contributed by atoms with van der Waals surface area (Å²) in [6.45, 7) is 6.67. The molecule has 0 spiro atoms. The summed E-state index contributed by atoms with van der Waals surface area (Å²) in [5, 5.41) is 5.30. The molecular formula is C25H25N3O3S. The summed E-state index contributed by atoms with van der Waals surface area (Å²) in [5.41, 5.74) is 3.39. The maximum Gasteiger partial charge on any atom is 0.263 e. The fourth-order valence-corrected chi connectivity index (χ4v) is 4.40. The van der Waals surface area contributed by atoms with Crippen LogP contribution in [0.4, 0.5) is 5.69 Å². The Hall–Kier alpha value is -3.45. The van der Waals surface area contributed by atoms with Gasteiger partial charge in [-0.2, -0.15) is 0 Å². The lowest BCUT2D eigenvalue weighted by atomic mass is 10.0. The molecule has 0 aliphatic heterocycles. The van der Waals surface area contributed by atoms with Gasteiger partial charge in [0, 0.05) is 16.6 Å². The van der Waals surface area contributed by atoms with E-state index in [-0.39, 0.29) is 18.0 Å². The number of carbonyl (C=O) groups excluding carboxylic acids is 1. The molecule has 32 heavy (non-hydrogen) atoms. The molecule has 0 atom stereocenters. The standard InChI is InChI=1S/C25H25N3O3S/c1-4-31-20-11-7-18(8-12-20)21-14-32-24-23(21)25(30)28(15-26-24)13-22(29)27-19-9-5-17(6-10-19)16(2)3/h5-12,14-16H,4,13H2,1-3H3,(H,27,29). The van der Waals surface area contributed by atoms with E-state index in [0.717, 1.165) is 16.9 Å². The molecule has 0 aliphatic rings. The Balaban J connectivity index is 1.57. The van der Waals surface area contributed by atoms with Gasteiger partial charge in [0.2, 0.25) is 5.91 Å². The number of nitrogens with one attached hydrogen (secondary N) is 1. The largest absolute Gasteiger partial charge is 0.494 e. The third-order valence-corrected chi connectivity index (χ3v) is 6.10. The highest BCUT2D eigenvalue weighted by Gasteiger charge is 2.15. The third-order valence-electron chi connectivity index (χ3n) is 5.21. The average molecular weight is 448 g/mol. The van der Waals surface area contributed by atoms with Crippen LogP contribution in [-0.2, 0) is 11.3 Å². The fourth-order valence-electron chi connectivity index (χ4n) is 3.50. The van der Waals surface area contributed by atoms with Crippen LogP contribution in [-0.4, -0.2) is 22.1 Å². The van der Waals surface area contributed by atoms with E-state index in [2.05, 4.69) is 24.1 Å². The molecule has 2 heterocycles. The Morgan fingerprint density at radius 2 is 1.84 bits per heavy atom. The van der Waals surface area contributed by atoms with Crippen LogP contribution in [0.3, 0.4) is 0 Å². The summed E-state index contributed by atoms with van der Waals surface area (Å²) in [4.78, 5) is 30.8. The van der Waals surface area contributed by atoms with Crippen LogP contribution in [0, 0.1) is 0 Å². The Kier molecular flexibility index (Phi) is 6.37. The van der Waals surface area contributed by atoms with Gasteiger partial charge in [0.05, 0.1) is 18.3 Å². The Morgan fingerprint density at radius 3 is 2.50 bits per heavy atom. The van der Waals surface area contributed by atoms with Crippen molar-refractivity contribution < 1.29 is 9.53 Å². The topological polar surface area (TPSA) is 73.2 Å². The van der Waals surface area contributed by atoms with Crippen molar-refractivity contribution in [2.45, 2.75) is 33.2 Å². The van der Waals surface area contributed by atoms with Gasteiger partial charge in [-0.3, -0.25) is 14.2 Å². The van der Waals surface area contributed by atoms with E-state index in [4.69, 9.17) is 4.74 Å². The first kappa shape index (κ1) is 21.8. The number of fused-ring (bicyclic) bond motifs is 1. The molecule has 0 fully saturated rings. The van der Waals surface area contributed by atoms with E-state index in [1.807, 2.05) is 60.8 Å². The molecule has 164 valence electrons. The molecule has 7 heteroatoms. The smallest absolute Gasteiger partial charge is 0.263 e. The third kappa shape index (κ3) is 4.57. The summed E-state index contributed by atoms with van der Waals surface area (Å²) in [7, 11) is 0. The van der Waals surface area contributed by atoms with Gasteiger partial charge in [0.25, 0.3) is 5.56 Å². The number of anilines is 1.